The van der Waals surface area contributed by atoms with Crippen molar-refractivity contribution in [1.82, 2.24) is 10.2 Å². The Morgan fingerprint density at radius 3 is 2.69 bits per heavy atom. The number of carbonyl (C=O) groups excluding carboxylic acids is 1. The first-order chi connectivity index (χ1) is 7.65. The lowest BCUT2D eigenvalue weighted by Gasteiger charge is -2.36. The van der Waals surface area contributed by atoms with E-state index >= 15 is 0 Å². The van der Waals surface area contributed by atoms with E-state index in [-0.39, 0.29) is 11.6 Å². The first kappa shape index (κ1) is 11.4. The lowest BCUT2D eigenvalue weighted by molar-refractivity contribution is 0.157. The van der Waals surface area contributed by atoms with Crippen molar-refractivity contribution in [2.24, 2.45) is 0 Å². The van der Waals surface area contributed by atoms with E-state index in [0.29, 0.717) is 11.9 Å². The Kier molecular flexibility index (Phi) is 2.91. The molecule has 2 rings (SSSR count). The van der Waals surface area contributed by atoms with Gasteiger partial charge in [-0.3, -0.25) is 10.7 Å². The van der Waals surface area contributed by atoms with Gasteiger partial charge in [0, 0.05) is 6.04 Å². The lowest BCUT2D eigenvalue weighted by Crippen LogP contribution is -2.50. The van der Waals surface area contributed by atoms with Gasteiger partial charge in [0.25, 0.3) is 0 Å². The van der Waals surface area contributed by atoms with Crippen molar-refractivity contribution in [2.45, 2.75) is 64.0 Å². The second kappa shape index (κ2) is 4.07. The SMILES string of the molecule is CCCCC1(CC)C(=N)NC(=O)N1C1CC1. The van der Waals surface area contributed by atoms with Crippen molar-refractivity contribution < 1.29 is 4.79 Å². The van der Waals surface area contributed by atoms with Crippen molar-refractivity contribution in [3.63, 3.8) is 0 Å². The van der Waals surface area contributed by atoms with E-state index in [2.05, 4.69) is 19.2 Å². The van der Waals surface area contributed by atoms with Crippen LogP contribution in [0.3, 0.4) is 0 Å². The maximum Gasteiger partial charge on any atom is 0.323 e. The molecule has 0 spiro atoms. The van der Waals surface area contributed by atoms with Gasteiger partial charge in [-0.1, -0.05) is 26.7 Å². The van der Waals surface area contributed by atoms with E-state index in [1.807, 2.05) is 4.90 Å². The first-order valence-corrected chi connectivity index (χ1v) is 6.35. The quantitative estimate of drug-likeness (QED) is 0.739. The molecule has 0 bridgehead atoms. The van der Waals surface area contributed by atoms with Gasteiger partial charge in [0.1, 0.15) is 11.4 Å². The van der Waals surface area contributed by atoms with Crippen molar-refractivity contribution in [3.05, 3.63) is 0 Å². The second-order valence-corrected chi connectivity index (χ2v) is 4.90. The molecule has 0 aromatic carbocycles. The smallest absolute Gasteiger partial charge is 0.309 e. The topological polar surface area (TPSA) is 56.2 Å². The molecule has 1 saturated carbocycles. The molecule has 1 aliphatic carbocycles. The molecule has 0 aromatic rings. The predicted molar refractivity (Wildman–Crippen MR) is 63.7 cm³/mol. The molecular weight excluding hydrogens is 202 g/mol. The molecule has 4 heteroatoms. The normalized spacial score (nSPS) is 29.8. The van der Waals surface area contributed by atoms with Gasteiger partial charge >= 0.3 is 6.03 Å². The highest BCUT2D eigenvalue weighted by molar-refractivity contribution is 6.08. The monoisotopic (exact) mass is 223 g/mol. The van der Waals surface area contributed by atoms with Crippen LogP contribution >= 0.6 is 0 Å². The molecule has 2 fully saturated rings. The van der Waals surface area contributed by atoms with Gasteiger partial charge in [-0.2, -0.15) is 0 Å². The molecule has 0 radical (unpaired) electrons. The Labute approximate surface area is 96.9 Å². The second-order valence-electron chi connectivity index (χ2n) is 4.90. The van der Waals surface area contributed by atoms with Crippen molar-refractivity contribution in [3.8, 4) is 0 Å². The van der Waals surface area contributed by atoms with Crippen LogP contribution in [0.5, 0.6) is 0 Å². The number of rotatable bonds is 5. The van der Waals surface area contributed by atoms with Crippen LogP contribution in [0.1, 0.15) is 52.4 Å². The first-order valence-electron chi connectivity index (χ1n) is 6.35. The van der Waals surface area contributed by atoms with Crippen LogP contribution in [0.2, 0.25) is 0 Å². The number of nitrogens with zero attached hydrogens (tertiary/aromatic N) is 1. The van der Waals surface area contributed by atoms with Gasteiger partial charge in [0.2, 0.25) is 0 Å². The largest absolute Gasteiger partial charge is 0.323 e. The molecule has 1 aliphatic heterocycles. The van der Waals surface area contributed by atoms with Crippen LogP contribution in [-0.2, 0) is 0 Å². The third-order valence-electron chi connectivity index (χ3n) is 3.82. The van der Waals surface area contributed by atoms with Crippen molar-refractivity contribution >= 4 is 11.9 Å². The summed E-state index contributed by atoms with van der Waals surface area (Å²) in [5.74, 6) is 0.417. The Morgan fingerprint density at radius 2 is 2.19 bits per heavy atom. The minimum atomic E-state index is -0.325. The predicted octanol–water partition coefficient (Wildman–Crippen LogP) is 2.49. The molecule has 4 nitrogen and oxygen atoms in total. The van der Waals surface area contributed by atoms with Gasteiger partial charge in [0.15, 0.2) is 0 Å². The van der Waals surface area contributed by atoms with E-state index in [0.717, 1.165) is 38.5 Å². The highest BCUT2D eigenvalue weighted by atomic mass is 16.2. The summed E-state index contributed by atoms with van der Waals surface area (Å²) >= 11 is 0. The Balaban J connectivity index is 2.23. The summed E-state index contributed by atoms with van der Waals surface area (Å²) in [6.07, 6.45) is 6.18. The number of urea groups is 1. The van der Waals surface area contributed by atoms with E-state index < -0.39 is 0 Å². The van der Waals surface area contributed by atoms with E-state index in [9.17, 15) is 4.79 Å². The lowest BCUT2D eigenvalue weighted by atomic mass is 9.87. The van der Waals surface area contributed by atoms with Gasteiger partial charge < -0.3 is 4.90 Å². The fraction of sp³-hybridized carbons (Fsp3) is 0.833. The van der Waals surface area contributed by atoms with E-state index in [1.165, 1.54) is 0 Å². The molecule has 1 unspecified atom stereocenters. The number of hydrogen-bond acceptors (Lipinski definition) is 2. The number of amides is 2. The number of hydrogen-bond donors (Lipinski definition) is 2. The molecule has 16 heavy (non-hydrogen) atoms. The summed E-state index contributed by atoms with van der Waals surface area (Å²) < 4.78 is 0. The van der Waals surface area contributed by atoms with E-state index in [4.69, 9.17) is 5.41 Å². The van der Waals surface area contributed by atoms with Crippen LogP contribution < -0.4 is 5.32 Å². The number of amidine groups is 1. The third-order valence-corrected chi connectivity index (χ3v) is 3.82. The average molecular weight is 223 g/mol. The maximum absolute atomic E-state index is 11.9. The van der Waals surface area contributed by atoms with Crippen molar-refractivity contribution in [1.29, 1.82) is 5.41 Å². The molecule has 0 aromatic heterocycles. The molecule has 90 valence electrons. The van der Waals surface area contributed by atoms with Crippen LogP contribution in [0.4, 0.5) is 4.79 Å². The minimum Gasteiger partial charge on any atom is -0.309 e. The molecule has 2 N–H and O–H groups in total. The van der Waals surface area contributed by atoms with Gasteiger partial charge in [-0.15, -0.1) is 0 Å². The summed E-state index contributed by atoms with van der Waals surface area (Å²) in [5.41, 5.74) is -0.325. The molecule has 1 saturated heterocycles. The van der Waals surface area contributed by atoms with Crippen LogP contribution in [0, 0.1) is 5.41 Å². The molecule has 1 heterocycles. The van der Waals surface area contributed by atoms with Crippen LogP contribution in [0.15, 0.2) is 0 Å². The van der Waals surface area contributed by atoms with Gasteiger partial charge in [-0.05, 0) is 25.7 Å². The number of nitrogens with one attached hydrogen (secondary N) is 2. The molecule has 2 amide bonds. The molecule has 1 atom stereocenters. The van der Waals surface area contributed by atoms with Crippen LogP contribution in [0.25, 0.3) is 0 Å². The fourth-order valence-corrected chi connectivity index (χ4v) is 2.68. The number of unbranched alkanes of at least 4 members (excludes halogenated alkanes) is 1. The summed E-state index contributed by atoms with van der Waals surface area (Å²) in [6, 6.07) is 0.338. The Morgan fingerprint density at radius 1 is 1.50 bits per heavy atom. The third kappa shape index (κ3) is 1.60. The highest BCUT2D eigenvalue weighted by Crippen LogP contribution is 2.40. The summed E-state index contributed by atoms with van der Waals surface area (Å²) in [5, 5.41) is 10.7. The summed E-state index contributed by atoms with van der Waals surface area (Å²) in [6.45, 7) is 4.23. The zero-order chi connectivity index (χ0) is 11.8. The standard InChI is InChI=1S/C12H21N3O/c1-3-5-8-12(4-2)10(13)14-11(16)15(12)9-6-7-9/h9H,3-8H2,1-2H3,(H2,13,14,16). The number of carbonyl (C=O) groups is 1. The zero-order valence-electron chi connectivity index (χ0n) is 10.2. The summed E-state index contributed by atoms with van der Waals surface area (Å²) in [7, 11) is 0. The molecule has 2 aliphatic rings. The fourth-order valence-electron chi connectivity index (χ4n) is 2.68. The van der Waals surface area contributed by atoms with Gasteiger partial charge in [-0.25, -0.2) is 4.79 Å². The molecular formula is C12H21N3O. The Hall–Kier alpha value is -1.06. The minimum absolute atomic E-state index is 0.0505. The van der Waals surface area contributed by atoms with E-state index in [1.54, 1.807) is 0 Å². The highest BCUT2D eigenvalue weighted by Gasteiger charge is 2.53. The van der Waals surface area contributed by atoms with Crippen molar-refractivity contribution in [2.75, 3.05) is 0 Å². The van der Waals surface area contributed by atoms with Crippen LogP contribution in [-0.4, -0.2) is 28.3 Å². The van der Waals surface area contributed by atoms with Gasteiger partial charge in [0.05, 0.1) is 0 Å². The summed E-state index contributed by atoms with van der Waals surface area (Å²) in [4.78, 5) is 13.8. The zero-order valence-corrected chi connectivity index (χ0v) is 10.2. The maximum atomic E-state index is 11.9. The average Bonchev–Trinajstić information content (AvgIpc) is 3.04. The Bertz CT molecular complexity index is 311.